The molecule has 0 aromatic heterocycles. The predicted octanol–water partition coefficient (Wildman–Crippen LogP) is 3.20. The molecule has 1 saturated heterocycles. The van der Waals surface area contributed by atoms with E-state index >= 15 is 0 Å². The maximum absolute atomic E-state index is 13.0. The molecular weight excluding hydrogens is 380 g/mol. The SMILES string of the molecule is CCNC(=O)C1(Cc2cccc(OC)c2)CN(Cc2ccc(OC)c(C)c2OC)C1. The van der Waals surface area contributed by atoms with Crippen molar-refractivity contribution in [1.29, 1.82) is 0 Å². The first-order valence-corrected chi connectivity index (χ1v) is 10.3. The van der Waals surface area contributed by atoms with Crippen LogP contribution in [-0.4, -0.2) is 51.8 Å². The molecule has 1 N–H and O–H groups in total. The molecule has 2 aromatic carbocycles. The van der Waals surface area contributed by atoms with Crippen molar-refractivity contribution in [3.8, 4) is 17.2 Å². The average molecular weight is 413 g/mol. The van der Waals surface area contributed by atoms with Crippen LogP contribution in [0.5, 0.6) is 17.2 Å². The molecular formula is C24H32N2O4. The van der Waals surface area contributed by atoms with Gasteiger partial charge in [0.05, 0.1) is 26.7 Å². The summed E-state index contributed by atoms with van der Waals surface area (Å²) in [4.78, 5) is 15.2. The van der Waals surface area contributed by atoms with Crippen LogP contribution in [0.1, 0.15) is 23.6 Å². The van der Waals surface area contributed by atoms with Gasteiger partial charge in [-0.25, -0.2) is 0 Å². The number of hydrogen-bond acceptors (Lipinski definition) is 5. The van der Waals surface area contributed by atoms with Gasteiger partial charge < -0.3 is 19.5 Å². The lowest BCUT2D eigenvalue weighted by Crippen LogP contribution is -2.63. The summed E-state index contributed by atoms with van der Waals surface area (Å²) in [6.07, 6.45) is 0.686. The van der Waals surface area contributed by atoms with E-state index in [9.17, 15) is 4.79 Å². The summed E-state index contributed by atoms with van der Waals surface area (Å²) < 4.78 is 16.4. The van der Waals surface area contributed by atoms with Crippen LogP contribution in [-0.2, 0) is 17.8 Å². The van der Waals surface area contributed by atoms with E-state index in [-0.39, 0.29) is 5.91 Å². The number of hydrogen-bond donors (Lipinski definition) is 1. The van der Waals surface area contributed by atoms with Gasteiger partial charge in [0.1, 0.15) is 17.2 Å². The Kier molecular flexibility index (Phi) is 6.87. The number of likely N-dealkylation sites (tertiary alicyclic amines) is 1. The van der Waals surface area contributed by atoms with E-state index in [2.05, 4.69) is 16.3 Å². The number of benzene rings is 2. The van der Waals surface area contributed by atoms with Crippen molar-refractivity contribution >= 4 is 5.91 Å². The van der Waals surface area contributed by atoms with E-state index < -0.39 is 5.41 Å². The molecule has 30 heavy (non-hydrogen) atoms. The van der Waals surface area contributed by atoms with Crippen molar-refractivity contribution in [3.05, 3.63) is 53.1 Å². The summed E-state index contributed by atoms with van der Waals surface area (Å²) in [5.41, 5.74) is 2.76. The highest BCUT2D eigenvalue weighted by atomic mass is 16.5. The fraction of sp³-hybridized carbons (Fsp3) is 0.458. The van der Waals surface area contributed by atoms with Crippen molar-refractivity contribution in [2.45, 2.75) is 26.8 Å². The van der Waals surface area contributed by atoms with Gasteiger partial charge in [0.2, 0.25) is 5.91 Å². The van der Waals surface area contributed by atoms with Gasteiger partial charge in [0.25, 0.3) is 0 Å². The van der Waals surface area contributed by atoms with Crippen molar-refractivity contribution in [1.82, 2.24) is 10.2 Å². The highest BCUT2D eigenvalue weighted by Crippen LogP contribution is 2.39. The topological polar surface area (TPSA) is 60.0 Å². The first-order valence-electron chi connectivity index (χ1n) is 10.3. The Labute approximate surface area is 179 Å². The Bertz CT molecular complexity index is 891. The molecule has 0 saturated carbocycles. The average Bonchev–Trinajstić information content (AvgIpc) is 2.72. The van der Waals surface area contributed by atoms with Crippen LogP contribution >= 0.6 is 0 Å². The predicted molar refractivity (Wildman–Crippen MR) is 117 cm³/mol. The standard InChI is InChI=1S/C24H32N2O4/c1-6-25-23(27)24(13-18-8-7-9-20(12-18)28-3)15-26(16-24)14-19-10-11-21(29-4)17(2)22(19)30-5/h7-12H,6,13-16H2,1-5H3,(H,25,27). The molecule has 0 spiro atoms. The molecule has 162 valence electrons. The molecule has 3 rings (SSSR count). The van der Waals surface area contributed by atoms with E-state index in [0.717, 1.165) is 40.5 Å². The van der Waals surface area contributed by atoms with E-state index in [0.29, 0.717) is 26.1 Å². The molecule has 1 fully saturated rings. The van der Waals surface area contributed by atoms with Crippen molar-refractivity contribution in [2.24, 2.45) is 5.41 Å². The van der Waals surface area contributed by atoms with E-state index in [4.69, 9.17) is 14.2 Å². The number of amides is 1. The summed E-state index contributed by atoms with van der Waals surface area (Å²) in [5, 5.41) is 3.03. The zero-order valence-corrected chi connectivity index (χ0v) is 18.6. The smallest absolute Gasteiger partial charge is 0.229 e. The largest absolute Gasteiger partial charge is 0.497 e. The fourth-order valence-corrected chi connectivity index (χ4v) is 4.38. The number of nitrogens with zero attached hydrogens (tertiary/aromatic N) is 1. The van der Waals surface area contributed by atoms with Crippen LogP contribution in [0, 0.1) is 12.3 Å². The van der Waals surface area contributed by atoms with Gasteiger partial charge >= 0.3 is 0 Å². The fourth-order valence-electron chi connectivity index (χ4n) is 4.38. The van der Waals surface area contributed by atoms with Crippen LogP contribution in [0.2, 0.25) is 0 Å². The third-order valence-electron chi connectivity index (χ3n) is 5.80. The number of ether oxygens (including phenoxy) is 3. The molecule has 0 aliphatic carbocycles. The molecule has 1 aliphatic heterocycles. The Morgan fingerprint density at radius 3 is 2.50 bits per heavy atom. The maximum Gasteiger partial charge on any atom is 0.229 e. The molecule has 6 heteroatoms. The van der Waals surface area contributed by atoms with E-state index in [1.807, 2.05) is 44.2 Å². The van der Waals surface area contributed by atoms with Crippen LogP contribution < -0.4 is 19.5 Å². The van der Waals surface area contributed by atoms with Crippen molar-refractivity contribution < 1.29 is 19.0 Å². The summed E-state index contributed by atoms with van der Waals surface area (Å²) >= 11 is 0. The van der Waals surface area contributed by atoms with Gasteiger partial charge in [-0.3, -0.25) is 9.69 Å². The van der Waals surface area contributed by atoms with Crippen LogP contribution in [0.3, 0.4) is 0 Å². The lowest BCUT2D eigenvalue weighted by molar-refractivity contribution is -0.142. The molecule has 0 unspecified atom stereocenters. The molecule has 2 aromatic rings. The highest BCUT2D eigenvalue weighted by Gasteiger charge is 2.48. The van der Waals surface area contributed by atoms with E-state index in [1.54, 1.807) is 21.3 Å². The Balaban J connectivity index is 1.77. The molecule has 1 amide bonds. The first kappa shape index (κ1) is 22.0. The number of nitrogens with one attached hydrogen (secondary N) is 1. The zero-order valence-electron chi connectivity index (χ0n) is 18.6. The number of rotatable bonds is 9. The maximum atomic E-state index is 13.0. The molecule has 1 aliphatic rings. The van der Waals surface area contributed by atoms with Crippen LogP contribution in [0.4, 0.5) is 0 Å². The molecule has 6 nitrogen and oxygen atoms in total. The zero-order chi connectivity index (χ0) is 21.7. The molecule has 0 atom stereocenters. The van der Waals surface area contributed by atoms with Gasteiger partial charge in [0.15, 0.2) is 0 Å². The van der Waals surface area contributed by atoms with Gasteiger partial charge in [-0.1, -0.05) is 18.2 Å². The Hall–Kier alpha value is -2.73. The second-order valence-electron chi connectivity index (χ2n) is 7.90. The normalized spacial score (nSPS) is 15.2. The minimum atomic E-state index is -0.433. The number of methoxy groups -OCH3 is 3. The monoisotopic (exact) mass is 412 g/mol. The van der Waals surface area contributed by atoms with E-state index in [1.165, 1.54) is 0 Å². The summed E-state index contributed by atoms with van der Waals surface area (Å²) in [7, 11) is 5.01. The Morgan fingerprint density at radius 1 is 1.10 bits per heavy atom. The van der Waals surface area contributed by atoms with Gasteiger partial charge in [-0.15, -0.1) is 0 Å². The molecule has 0 bridgehead atoms. The minimum Gasteiger partial charge on any atom is -0.497 e. The second-order valence-corrected chi connectivity index (χ2v) is 7.90. The highest BCUT2D eigenvalue weighted by molar-refractivity contribution is 5.84. The Morgan fingerprint density at radius 2 is 1.87 bits per heavy atom. The minimum absolute atomic E-state index is 0.113. The van der Waals surface area contributed by atoms with Crippen LogP contribution in [0.25, 0.3) is 0 Å². The lowest BCUT2D eigenvalue weighted by Gasteiger charge is -2.49. The summed E-state index contributed by atoms with van der Waals surface area (Å²) in [6.45, 7) is 6.71. The van der Waals surface area contributed by atoms with Gasteiger partial charge in [0, 0.05) is 37.3 Å². The summed E-state index contributed by atoms with van der Waals surface area (Å²) in [6, 6.07) is 12.0. The summed E-state index contributed by atoms with van der Waals surface area (Å²) in [5.74, 6) is 2.58. The second kappa shape index (κ2) is 9.39. The van der Waals surface area contributed by atoms with Crippen LogP contribution in [0.15, 0.2) is 36.4 Å². The van der Waals surface area contributed by atoms with Crippen molar-refractivity contribution in [3.63, 3.8) is 0 Å². The van der Waals surface area contributed by atoms with Gasteiger partial charge in [-0.2, -0.15) is 0 Å². The third kappa shape index (κ3) is 4.38. The quantitative estimate of drug-likeness (QED) is 0.685. The van der Waals surface area contributed by atoms with Gasteiger partial charge in [-0.05, 0) is 44.0 Å². The third-order valence-corrected chi connectivity index (χ3v) is 5.80. The first-order chi connectivity index (χ1) is 14.5. The molecule has 0 radical (unpaired) electrons. The number of carbonyl (C=O) groups excluding carboxylic acids is 1. The number of carbonyl (C=O) groups is 1. The lowest BCUT2D eigenvalue weighted by atomic mass is 9.73. The van der Waals surface area contributed by atoms with Crippen molar-refractivity contribution in [2.75, 3.05) is 41.0 Å². The molecule has 1 heterocycles.